The Labute approximate surface area is 189 Å². The van der Waals surface area contributed by atoms with Crippen LogP contribution in [0, 0.1) is 10.1 Å². The van der Waals surface area contributed by atoms with Crippen molar-refractivity contribution in [1.82, 2.24) is 0 Å². The first kappa shape index (κ1) is 23.7. The van der Waals surface area contributed by atoms with Crippen molar-refractivity contribution in [3.05, 3.63) is 105 Å². The number of nitrogens with one attached hydrogen (secondary N) is 1. The zero-order valence-corrected chi connectivity index (χ0v) is 17.3. The van der Waals surface area contributed by atoms with Crippen LogP contribution in [0.1, 0.15) is 27.6 Å². The van der Waals surface area contributed by atoms with E-state index in [4.69, 9.17) is 16.3 Å². The van der Waals surface area contributed by atoms with E-state index < -0.39 is 45.9 Å². The second-order valence-electron chi connectivity index (χ2n) is 6.68. The molecular formula is C22H14ClF3N2O5. The minimum atomic E-state index is -4.63. The Kier molecular flexibility index (Phi) is 6.98. The Balaban J connectivity index is 1.92. The largest absolute Gasteiger partial charge is 0.443 e. The second-order valence-corrected chi connectivity index (χ2v) is 7.12. The highest BCUT2D eigenvalue weighted by molar-refractivity contribution is 6.31. The Morgan fingerprint density at radius 2 is 1.70 bits per heavy atom. The van der Waals surface area contributed by atoms with Crippen molar-refractivity contribution < 1.29 is 32.4 Å². The molecule has 0 aliphatic carbocycles. The van der Waals surface area contributed by atoms with Crippen LogP contribution >= 0.6 is 11.6 Å². The first-order valence-corrected chi connectivity index (χ1v) is 9.62. The van der Waals surface area contributed by atoms with Crippen LogP contribution in [0.25, 0.3) is 0 Å². The molecule has 7 nitrogen and oxygen atoms in total. The number of nitro groups is 1. The summed E-state index contributed by atoms with van der Waals surface area (Å²) in [5.41, 5.74) is -2.03. The van der Waals surface area contributed by atoms with Crippen LogP contribution in [0.3, 0.4) is 0 Å². The molecule has 0 aliphatic heterocycles. The van der Waals surface area contributed by atoms with Crippen molar-refractivity contribution in [2.45, 2.75) is 12.3 Å². The highest BCUT2D eigenvalue weighted by Gasteiger charge is 2.32. The van der Waals surface area contributed by atoms with Gasteiger partial charge in [0.15, 0.2) is 0 Å². The smallest absolute Gasteiger partial charge is 0.416 e. The molecule has 0 aromatic heterocycles. The summed E-state index contributed by atoms with van der Waals surface area (Å²) < 4.78 is 44.2. The highest BCUT2D eigenvalue weighted by atomic mass is 35.5. The van der Waals surface area contributed by atoms with Gasteiger partial charge in [0, 0.05) is 22.3 Å². The molecule has 3 rings (SSSR count). The average molecular weight is 479 g/mol. The SMILES string of the molecule is O=C(OC(C(=O)Nc1cccc(C(F)(F)F)c1)c1ccccc1)c1ccc(Cl)cc1[N+](=O)[O-]. The van der Waals surface area contributed by atoms with Crippen LogP contribution in [-0.4, -0.2) is 16.8 Å². The van der Waals surface area contributed by atoms with Crippen LogP contribution in [0.4, 0.5) is 24.5 Å². The maximum atomic E-state index is 13.0. The van der Waals surface area contributed by atoms with Gasteiger partial charge in [0.05, 0.1) is 10.5 Å². The molecule has 170 valence electrons. The van der Waals surface area contributed by atoms with E-state index in [1.54, 1.807) is 18.2 Å². The molecule has 33 heavy (non-hydrogen) atoms. The van der Waals surface area contributed by atoms with Crippen LogP contribution in [0.2, 0.25) is 5.02 Å². The van der Waals surface area contributed by atoms with Gasteiger partial charge in [-0.1, -0.05) is 48.0 Å². The van der Waals surface area contributed by atoms with Crippen LogP contribution in [0.15, 0.2) is 72.8 Å². The first-order valence-electron chi connectivity index (χ1n) is 9.24. The third kappa shape index (κ3) is 5.86. The summed E-state index contributed by atoms with van der Waals surface area (Å²) in [6, 6.07) is 14.9. The lowest BCUT2D eigenvalue weighted by Crippen LogP contribution is -2.26. The van der Waals surface area contributed by atoms with E-state index >= 15 is 0 Å². The zero-order chi connectivity index (χ0) is 24.2. The molecule has 0 heterocycles. The van der Waals surface area contributed by atoms with Crippen LogP contribution in [-0.2, 0) is 15.7 Å². The van der Waals surface area contributed by atoms with E-state index in [0.29, 0.717) is 0 Å². The topological polar surface area (TPSA) is 98.5 Å². The van der Waals surface area contributed by atoms with E-state index in [1.165, 1.54) is 24.3 Å². The zero-order valence-electron chi connectivity index (χ0n) is 16.5. The number of nitrogens with zero attached hydrogens (tertiary/aromatic N) is 1. The molecule has 0 fully saturated rings. The number of carbonyl (C=O) groups is 2. The van der Waals surface area contributed by atoms with Gasteiger partial charge in [-0.15, -0.1) is 0 Å². The monoisotopic (exact) mass is 478 g/mol. The lowest BCUT2D eigenvalue weighted by molar-refractivity contribution is -0.385. The summed E-state index contributed by atoms with van der Waals surface area (Å²) in [6.45, 7) is 0. The fourth-order valence-corrected chi connectivity index (χ4v) is 3.05. The third-order valence-corrected chi connectivity index (χ3v) is 4.63. The van der Waals surface area contributed by atoms with Gasteiger partial charge in [0.1, 0.15) is 5.56 Å². The number of rotatable bonds is 6. The van der Waals surface area contributed by atoms with Crippen molar-refractivity contribution in [3.63, 3.8) is 0 Å². The molecular weight excluding hydrogens is 465 g/mol. The summed E-state index contributed by atoms with van der Waals surface area (Å²) in [4.78, 5) is 36.1. The maximum Gasteiger partial charge on any atom is 0.416 e. The molecule has 1 atom stereocenters. The van der Waals surface area contributed by atoms with E-state index in [9.17, 15) is 32.9 Å². The number of ether oxygens (including phenoxy) is 1. The second kappa shape index (κ2) is 9.70. The van der Waals surface area contributed by atoms with E-state index in [0.717, 1.165) is 30.3 Å². The molecule has 1 N–H and O–H groups in total. The molecule has 0 radical (unpaired) electrons. The van der Waals surface area contributed by atoms with Crippen molar-refractivity contribution in [1.29, 1.82) is 0 Å². The number of nitro benzene ring substituents is 1. The van der Waals surface area contributed by atoms with Crippen LogP contribution < -0.4 is 5.32 Å². The van der Waals surface area contributed by atoms with Crippen molar-refractivity contribution in [2.75, 3.05) is 5.32 Å². The number of carbonyl (C=O) groups excluding carboxylic acids is 2. The number of hydrogen-bond acceptors (Lipinski definition) is 5. The van der Waals surface area contributed by atoms with Crippen molar-refractivity contribution in [3.8, 4) is 0 Å². The van der Waals surface area contributed by atoms with Gasteiger partial charge in [0.2, 0.25) is 6.10 Å². The predicted molar refractivity (Wildman–Crippen MR) is 113 cm³/mol. The molecule has 0 aliphatic rings. The van der Waals surface area contributed by atoms with E-state index in [2.05, 4.69) is 5.32 Å². The number of halogens is 4. The molecule has 1 amide bonds. The number of hydrogen-bond donors (Lipinski definition) is 1. The molecule has 0 spiro atoms. The number of amides is 1. The number of esters is 1. The van der Waals surface area contributed by atoms with E-state index in [1.807, 2.05) is 0 Å². The molecule has 1 unspecified atom stereocenters. The molecule has 0 saturated heterocycles. The molecule has 3 aromatic carbocycles. The Bertz CT molecular complexity index is 1200. The fraction of sp³-hybridized carbons (Fsp3) is 0.0909. The van der Waals surface area contributed by atoms with Gasteiger partial charge in [0.25, 0.3) is 11.6 Å². The summed E-state index contributed by atoms with van der Waals surface area (Å²) >= 11 is 5.75. The van der Waals surface area contributed by atoms with Gasteiger partial charge >= 0.3 is 12.1 Å². The summed E-state index contributed by atoms with van der Waals surface area (Å²) in [6.07, 6.45) is -6.23. The Hall–Kier alpha value is -3.92. The molecule has 0 bridgehead atoms. The summed E-state index contributed by atoms with van der Waals surface area (Å²) in [5.74, 6) is -2.14. The van der Waals surface area contributed by atoms with Crippen LogP contribution in [0.5, 0.6) is 0 Å². The molecule has 3 aromatic rings. The third-order valence-electron chi connectivity index (χ3n) is 4.40. The minimum absolute atomic E-state index is 0.0140. The van der Waals surface area contributed by atoms with Gasteiger partial charge in [-0.05, 0) is 30.3 Å². The Morgan fingerprint density at radius 1 is 1.00 bits per heavy atom. The van der Waals surface area contributed by atoms with Crippen molar-refractivity contribution >= 4 is 34.9 Å². The van der Waals surface area contributed by atoms with Gasteiger partial charge in [-0.2, -0.15) is 13.2 Å². The normalized spacial score (nSPS) is 12.0. The van der Waals surface area contributed by atoms with Gasteiger partial charge < -0.3 is 10.1 Å². The Morgan fingerprint density at radius 3 is 2.33 bits per heavy atom. The lowest BCUT2D eigenvalue weighted by atomic mass is 10.1. The van der Waals surface area contributed by atoms with Gasteiger partial charge in [-0.3, -0.25) is 14.9 Å². The average Bonchev–Trinajstić information content (AvgIpc) is 2.77. The number of anilines is 1. The number of alkyl halides is 3. The minimum Gasteiger partial charge on any atom is -0.443 e. The predicted octanol–water partition coefficient (Wildman–Crippen LogP) is 5.80. The maximum absolute atomic E-state index is 13.0. The molecule has 11 heteroatoms. The van der Waals surface area contributed by atoms with Gasteiger partial charge in [-0.25, -0.2) is 4.79 Å². The fourth-order valence-electron chi connectivity index (χ4n) is 2.88. The number of benzene rings is 3. The van der Waals surface area contributed by atoms with E-state index in [-0.39, 0.29) is 16.3 Å². The standard InChI is InChI=1S/C22H14ClF3N2O5/c23-15-9-10-17(18(12-15)28(31)32)21(30)33-19(13-5-2-1-3-6-13)20(29)27-16-8-4-7-14(11-16)22(24,25)26/h1-12,19H,(H,27,29). The first-order chi connectivity index (χ1) is 15.6. The summed E-state index contributed by atoms with van der Waals surface area (Å²) in [7, 11) is 0. The quantitative estimate of drug-likeness (QED) is 0.274. The summed E-state index contributed by atoms with van der Waals surface area (Å²) in [5, 5.41) is 13.6. The lowest BCUT2D eigenvalue weighted by Gasteiger charge is -2.18. The highest BCUT2D eigenvalue weighted by Crippen LogP contribution is 2.31. The molecule has 0 saturated carbocycles. The van der Waals surface area contributed by atoms with Crippen molar-refractivity contribution in [2.24, 2.45) is 0 Å².